The van der Waals surface area contributed by atoms with E-state index in [1.54, 1.807) is 0 Å². The topological polar surface area (TPSA) is 38.3 Å². The molecule has 1 aliphatic heterocycles. The van der Waals surface area contributed by atoms with Gasteiger partial charge in [0.1, 0.15) is 5.60 Å². The van der Waals surface area contributed by atoms with E-state index in [1.807, 2.05) is 20.8 Å². The maximum Gasteiger partial charge on any atom is 0.306 e. The fourth-order valence-corrected chi connectivity index (χ4v) is 1.91. The van der Waals surface area contributed by atoms with Crippen molar-refractivity contribution < 1.29 is 9.53 Å². The van der Waals surface area contributed by atoms with Crippen molar-refractivity contribution in [1.29, 1.82) is 0 Å². The van der Waals surface area contributed by atoms with Gasteiger partial charge in [0.15, 0.2) is 0 Å². The first kappa shape index (κ1) is 12.5. The van der Waals surface area contributed by atoms with E-state index in [-0.39, 0.29) is 11.6 Å². The van der Waals surface area contributed by atoms with Crippen LogP contribution in [0.5, 0.6) is 0 Å². The molecular formula is C12H23NO2. The van der Waals surface area contributed by atoms with Gasteiger partial charge in [0.2, 0.25) is 0 Å². The Bertz CT molecular complexity index is 200. The largest absolute Gasteiger partial charge is 0.460 e. The maximum atomic E-state index is 11.6. The summed E-state index contributed by atoms with van der Waals surface area (Å²) >= 11 is 0. The van der Waals surface area contributed by atoms with Crippen LogP contribution in [0.15, 0.2) is 0 Å². The second-order valence-electron chi connectivity index (χ2n) is 5.34. The lowest BCUT2D eigenvalue weighted by Crippen LogP contribution is -2.25. The van der Waals surface area contributed by atoms with Crippen LogP contribution in [0.1, 0.15) is 46.5 Å². The fourth-order valence-electron chi connectivity index (χ4n) is 1.91. The number of ether oxygens (including phenoxy) is 1. The molecule has 1 aliphatic rings. The Hall–Kier alpha value is -0.570. The van der Waals surface area contributed by atoms with E-state index in [0.29, 0.717) is 12.3 Å². The van der Waals surface area contributed by atoms with Crippen molar-refractivity contribution in [2.45, 2.75) is 52.1 Å². The highest BCUT2D eigenvalue weighted by molar-refractivity contribution is 5.70. The molecule has 0 spiro atoms. The van der Waals surface area contributed by atoms with Crippen molar-refractivity contribution in [3.8, 4) is 0 Å². The number of carbonyl (C=O) groups excluding carboxylic acids is 1. The number of esters is 1. The molecule has 0 aromatic carbocycles. The molecule has 0 unspecified atom stereocenters. The summed E-state index contributed by atoms with van der Waals surface area (Å²) in [5, 5.41) is 3.35. The molecule has 3 heteroatoms. The summed E-state index contributed by atoms with van der Waals surface area (Å²) in [5.74, 6) is 0.462. The zero-order valence-electron chi connectivity index (χ0n) is 10.1. The molecule has 0 aromatic rings. The van der Waals surface area contributed by atoms with E-state index in [0.717, 1.165) is 25.9 Å². The average molecular weight is 213 g/mol. The molecule has 1 saturated heterocycles. The third kappa shape index (κ3) is 5.78. The molecule has 15 heavy (non-hydrogen) atoms. The SMILES string of the molecule is CC(C)(C)OC(=O)C[C@@H]1CCCNCC1. The fraction of sp³-hybridized carbons (Fsp3) is 0.917. The van der Waals surface area contributed by atoms with E-state index in [4.69, 9.17) is 4.74 Å². The first-order chi connectivity index (χ1) is 6.97. The summed E-state index contributed by atoms with van der Waals surface area (Å²) in [6, 6.07) is 0. The number of nitrogens with one attached hydrogen (secondary N) is 1. The summed E-state index contributed by atoms with van der Waals surface area (Å²) in [4.78, 5) is 11.6. The Balaban J connectivity index is 2.30. The molecule has 0 aromatic heterocycles. The molecule has 0 saturated carbocycles. The molecule has 88 valence electrons. The number of carbonyl (C=O) groups is 1. The highest BCUT2D eigenvalue weighted by Crippen LogP contribution is 2.19. The molecule has 1 fully saturated rings. The molecule has 1 atom stereocenters. The van der Waals surface area contributed by atoms with Crippen molar-refractivity contribution in [3.63, 3.8) is 0 Å². The van der Waals surface area contributed by atoms with Crippen molar-refractivity contribution in [2.24, 2.45) is 5.92 Å². The lowest BCUT2D eigenvalue weighted by molar-refractivity contribution is -0.156. The van der Waals surface area contributed by atoms with Gasteiger partial charge in [-0.05, 0) is 59.0 Å². The van der Waals surface area contributed by atoms with Crippen LogP contribution < -0.4 is 5.32 Å². The normalized spacial score (nSPS) is 23.3. The lowest BCUT2D eigenvalue weighted by Gasteiger charge is -2.21. The third-order valence-electron chi connectivity index (χ3n) is 2.57. The summed E-state index contributed by atoms with van der Waals surface area (Å²) in [7, 11) is 0. The molecule has 0 bridgehead atoms. The monoisotopic (exact) mass is 213 g/mol. The number of rotatable bonds is 2. The molecule has 1 N–H and O–H groups in total. The second kappa shape index (κ2) is 5.50. The van der Waals surface area contributed by atoms with Crippen molar-refractivity contribution in [3.05, 3.63) is 0 Å². The summed E-state index contributed by atoms with van der Waals surface area (Å²) in [5.41, 5.74) is -0.347. The van der Waals surface area contributed by atoms with Gasteiger partial charge in [-0.1, -0.05) is 0 Å². The lowest BCUT2D eigenvalue weighted by atomic mass is 9.97. The van der Waals surface area contributed by atoms with Crippen LogP contribution in [0.25, 0.3) is 0 Å². The standard InChI is InChI=1S/C12H23NO2/c1-12(2,3)15-11(14)9-10-5-4-7-13-8-6-10/h10,13H,4-9H2,1-3H3/t10-/m1/s1. The van der Waals surface area contributed by atoms with Crippen molar-refractivity contribution in [1.82, 2.24) is 5.32 Å². The molecule has 1 heterocycles. The van der Waals surface area contributed by atoms with Gasteiger partial charge in [0.05, 0.1) is 0 Å². The first-order valence-corrected chi connectivity index (χ1v) is 5.90. The average Bonchev–Trinajstić information content (AvgIpc) is 2.28. The zero-order chi connectivity index (χ0) is 11.3. The van der Waals surface area contributed by atoms with Crippen LogP contribution >= 0.6 is 0 Å². The summed E-state index contributed by atoms with van der Waals surface area (Å²) < 4.78 is 5.32. The minimum Gasteiger partial charge on any atom is -0.460 e. The molecule has 0 amide bonds. The minimum absolute atomic E-state index is 0.0469. The van der Waals surface area contributed by atoms with Gasteiger partial charge in [-0.2, -0.15) is 0 Å². The molecule has 0 radical (unpaired) electrons. The Labute approximate surface area is 92.6 Å². The second-order valence-corrected chi connectivity index (χ2v) is 5.34. The van der Waals surface area contributed by atoms with Gasteiger partial charge in [0.25, 0.3) is 0 Å². The quantitative estimate of drug-likeness (QED) is 0.714. The van der Waals surface area contributed by atoms with Crippen molar-refractivity contribution >= 4 is 5.97 Å². The molecule has 3 nitrogen and oxygen atoms in total. The predicted octanol–water partition coefficient (Wildman–Crippen LogP) is 2.11. The van der Waals surface area contributed by atoms with E-state index >= 15 is 0 Å². The van der Waals surface area contributed by atoms with Crippen LogP contribution in [0.3, 0.4) is 0 Å². The van der Waals surface area contributed by atoms with Crippen LogP contribution in [0.2, 0.25) is 0 Å². The Morgan fingerprint density at radius 1 is 1.33 bits per heavy atom. The Kier molecular flexibility index (Phi) is 4.58. The first-order valence-electron chi connectivity index (χ1n) is 5.90. The molecular weight excluding hydrogens is 190 g/mol. The van der Waals surface area contributed by atoms with E-state index in [2.05, 4.69) is 5.32 Å². The number of hydrogen-bond donors (Lipinski definition) is 1. The van der Waals surface area contributed by atoms with Gasteiger partial charge in [-0.25, -0.2) is 0 Å². The van der Waals surface area contributed by atoms with Crippen LogP contribution in [-0.2, 0) is 9.53 Å². The van der Waals surface area contributed by atoms with E-state index < -0.39 is 0 Å². The highest BCUT2D eigenvalue weighted by atomic mass is 16.6. The van der Waals surface area contributed by atoms with Crippen LogP contribution in [-0.4, -0.2) is 24.7 Å². The van der Waals surface area contributed by atoms with Gasteiger partial charge in [0, 0.05) is 6.42 Å². The minimum atomic E-state index is -0.347. The molecule has 0 aliphatic carbocycles. The van der Waals surface area contributed by atoms with E-state index in [9.17, 15) is 4.79 Å². The maximum absolute atomic E-state index is 11.6. The van der Waals surface area contributed by atoms with Crippen molar-refractivity contribution in [2.75, 3.05) is 13.1 Å². The summed E-state index contributed by atoms with van der Waals surface area (Å²) in [6.45, 7) is 7.87. The summed E-state index contributed by atoms with van der Waals surface area (Å²) in [6.07, 6.45) is 4.00. The Morgan fingerprint density at radius 2 is 2.07 bits per heavy atom. The highest BCUT2D eigenvalue weighted by Gasteiger charge is 2.21. The van der Waals surface area contributed by atoms with Crippen LogP contribution in [0, 0.1) is 5.92 Å². The zero-order valence-corrected chi connectivity index (χ0v) is 10.1. The third-order valence-corrected chi connectivity index (χ3v) is 2.57. The van der Waals surface area contributed by atoms with E-state index in [1.165, 1.54) is 6.42 Å². The van der Waals surface area contributed by atoms with Crippen LogP contribution in [0.4, 0.5) is 0 Å². The number of hydrogen-bond acceptors (Lipinski definition) is 3. The smallest absolute Gasteiger partial charge is 0.306 e. The Morgan fingerprint density at radius 3 is 2.73 bits per heavy atom. The van der Waals surface area contributed by atoms with Gasteiger partial charge >= 0.3 is 5.97 Å². The van der Waals surface area contributed by atoms with Gasteiger partial charge < -0.3 is 10.1 Å². The van der Waals surface area contributed by atoms with Gasteiger partial charge in [-0.15, -0.1) is 0 Å². The predicted molar refractivity (Wildman–Crippen MR) is 60.7 cm³/mol. The molecule has 1 rings (SSSR count). The van der Waals surface area contributed by atoms with Gasteiger partial charge in [-0.3, -0.25) is 4.79 Å².